The maximum Gasteiger partial charge on any atom is 0.354 e. The first-order chi connectivity index (χ1) is 10.6. The number of rotatable bonds is 4. The van der Waals surface area contributed by atoms with E-state index in [1.807, 2.05) is 0 Å². The Morgan fingerprint density at radius 1 is 1.09 bits per heavy atom. The molecule has 3 aromatic heterocycles. The molecule has 0 aromatic carbocycles. The average molecular weight is 317 g/mol. The van der Waals surface area contributed by atoms with E-state index in [9.17, 15) is 4.79 Å². The molecule has 0 amide bonds. The normalized spacial score (nSPS) is 10.4. The second-order valence-corrected chi connectivity index (χ2v) is 4.69. The van der Waals surface area contributed by atoms with E-state index in [1.54, 1.807) is 18.2 Å². The smallest absolute Gasteiger partial charge is 0.354 e. The number of carbonyl (C=O) groups is 1. The van der Waals surface area contributed by atoms with Crippen molar-refractivity contribution in [2.24, 2.45) is 0 Å². The van der Waals surface area contributed by atoms with Gasteiger partial charge in [0, 0.05) is 6.20 Å². The number of aromatic carboxylic acids is 1. The highest BCUT2D eigenvalue weighted by Gasteiger charge is 2.09. The van der Waals surface area contributed by atoms with Crippen LogP contribution in [0.2, 0.25) is 5.02 Å². The van der Waals surface area contributed by atoms with Crippen LogP contribution < -0.4 is 5.32 Å². The van der Waals surface area contributed by atoms with Gasteiger partial charge in [0.1, 0.15) is 11.4 Å². The Bertz CT molecular complexity index is 800. The van der Waals surface area contributed by atoms with Crippen molar-refractivity contribution in [3.63, 3.8) is 0 Å². The van der Waals surface area contributed by atoms with Gasteiger partial charge in [-0.2, -0.15) is 0 Å². The van der Waals surface area contributed by atoms with Crippen molar-refractivity contribution in [2.45, 2.75) is 0 Å². The largest absolute Gasteiger partial charge is 0.477 e. The van der Waals surface area contributed by atoms with Gasteiger partial charge in [-0.15, -0.1) is 0 Å². The van der Waals surface area contributed by atoms with E-state index in [2.05, 4.69) is 20.3 Å². The molecule has 0 radical (unpaired) electrons. The fourth-order valence-electron chi connectivity index (χ4n) is 1.69. The minimum atomic E-state index is -1.08. The summed E-state index contributed by atoms with van der Waals surface area (Å²) in [7, 11) is 0. The molecule has 3 heterocycles. The summed E-state index contributed by atoms with van der Waals surface area (Å²) in [6.07, 6.45) is 4.42. The number of carboxylic acid groups (broad SMARTS) is 1. The van der Waals surface area contributed by atoms with E-state index >= 15 is 0 Å². The lowest BCUT2D eigenvalue weighted by Gasteiger charge is -2.01. The summed E-state index contributed by atoms with van der Waals surface area (Å²) in [4.78, 5) is 22.7. The molecule has 0 saturated heterocycles. The molecule has 0 saturated carbocycles. The van der Waals surface area contributed by atoms with Crippen LogP contribution in [0.3, 0.4) is 0 Å². The van der Waals surface area contributed by atoms with E-state index in [0.29, 0.717) is 22.2 Å². The highest BCUT2D eigenvalue weighted by atomic mass is 35.5. The molecule has 8 heteroatoms. The van der Waals surface area contributed by atoms with Gasteiger partial charge in [-0.25, -0.2) is 14.8 Å². The zero-order valence-electron chi connectivity index (χ0n) is 11.0. The van der Waals surface area contributed by atoms with Crippen LogP contribution in [0.25, 0.3) is 11.5 Å². The number of hydrogen-bond acceptors (Lipinski definition) is 6. The number of carboxylic acids is 1. The Balaban J connectivity index is 1.76. The van der Waals surface area contributed by atoms with Crippen LogP contribution in [-0.4, -0.2) is 26.0 Å². The molecule has 0 fully saturated rings. The van der Waals surface area contributed by atoms with Crippen molar-refractivity contribution in [1.29, 1.82) is 0 Å². The highest BCUT2D eigenvalue weighted by molar-refractivity contribution is 6.30. The van der Waals surface area contributed by atoms with Crippen molar-refractivity contribution in [3.8, 4) is 11.5 Å². The number of hydrogen-bond donors (Lipinski definition) is 2. The van der Waals surface area contributed by atoms with Crippen LogP contribution in [-0.2, 0) is 0 Å². The van der Waals surface area contributed by atoms with Crippen LogP contribution in [0.1, 0.15) is 10.5 Å². The third kappa shape index (κ3) is 3.04. The van der Waals surface area contributed by atoms with Crippen LogP contribution in [0.4, 0.5) is 11.7 Å². The molecule has 0 spiro atoms. The SMILES string of the molecule is O=C(O)c1ccc(Nc2ncc(-c3ccc(Cl)cn3)o2)cn1. The Hall–Kier alpha value is -2.93. The lowest BCUT2D eigenvalue weighted by Crippen LogP contribution is -2.00. The van der Waals surface area contributed by atoms with Crippen molar-refractivity contribution < 1.29 is 14.3 Å². The highest BCUT2D eigenvalue weighted by Crippen LogP contribution is 2.23. The number of oxazole rings is 1. The molecule has 3 rings (SSSR count). The number of anilines is 2. The topological polar surface area (TPSA) is 101 Å². The summed E-state index contributed by atoms with van der Waals surface area (Å²) in [5.74, 6) is -0.604. The third-order valence-electron chi connectivity index (χ3n) is 2.72. The van der Waals surface area contributed by atoms with E-state index in [0.717, 1.165) is 0 Å². The first-order valence-corrected chi connectivity index (χ1v) is 6.54. The van der Waals surface area contributed by atoms with Crippen molar-refractivity contribution in [3.05, 3.63) is 53.6 Å². The van der Waals surface area contributed by atoms with Gasteiger partial charge >= 0.3 is 5.97 Å². The molecule has 7 nitrogen and oxygen atoms in total. The summed E-state index contributed by atoms with van der Waals surface area (Å²) in [6, 6.07) is 6.62. The summed E-state index contributed by atoms with van der Waals surface area (Å²) in [5, 5.41) is 12.2. The second kappa shape index (κ2) is 5.82. The maximum atomic E-state index is 10.7. The number of nitrogens with one attached hydrogen (secondary N) is 1. The molecule has 0 atom stereocenters. The number of aromatic nitrogens is 3. The number of pyridine rings is 2. The lowest BCUT2D eigenvalue weighted by atomic mass is 10.3. The Morgan fingerprint density at radius 2 is 1.95 bits per heavy atom. The second-order valence-electron chi connectivity index (χ2n) is 4.25. The molecular weight excluding hydrogens is 308 g/mol. The fourth-order valence-corrected chi connectivity index (χ4v) is 1.80. The minimum absolute atomic E-state index is 0.0380. The molecule has 0 unspecified atom stereocenters. The van der Waals surface area contributed by atoms with Gasteiger partial charge in [-0.3, -0.25) is 4.98 Å². The standard InChI is InChI=1S/C14H9ClN4O3/c15-8-1-3-10(16-5-8)12-7-18-14(22-12)19-9-2-4-11(13(20)21)17-6-9/h1-7H,(H,18,19)(H,20,21). The van der Waals surface area contributed by atoms with Crippen molar-refractivity contribution in [2.75, 3.05) is 5.32 Å². The Kier molecular flexibility index (Phi) is 3.71. The predicted molar refractivity (Wildman–Crippen MR) is 79.2 cm³/mol. The lowest BCUT2D eigenvalue weighted by molar-refractivity contribution is 0.0690. The Labute approximate surface area is 129 Å². The zero-order valence-corrected chi connectivity index (χ0v) is 11.8. The van der Waals surface area contributed by atoms with Gasteiger partial charge in [0.25, 0.3) is 6.01 Å². The van der Waals surface area contributed by atoms with E-state index in [4.69, 9.17) is 21.1 Å². The molecular formula is C14H9ClN4O3. The average Bonchev–Trinajstić information content (AvgIpc) is 2.97. The van der Waals surface area contributed by atoms with Crippen LogP contribution in [0, 0.1) is 0 Å². The van der Waals surface area contributed by atoms with E-state index in [-0.39, 0.29) is 11.7 Å². The van der Waals surface area contributed by atoms with Crippen LogP contribution in [0.5, 0.6) is 0 Å². The van der Waals surface area contributed by atoms with E-state index < -0.39 is 5.97 Å². The third-order valence-corrected chi connectivity index (χ3v) is 2.94. The summed E-state index contributed by atoms with van der Waals surface area (Å²) < 4.78 is 5.52. The van der Waals surface area contributed by atoms with E-state index in [1.165, 1.54) is 24.7 Å². The van der Waals surface area contributed by atoms with Gasteiger partial charge in [0.15, 0.2) is 5.76 Å². The minimum Gasteiger partial charge on any atom is -0.477 e. The first kappa shape index (κ1) is 14.0. The predicted octanol–water partition coefficient (Wildman–Crippen LogP) is 3.23. The molecule has 0 aliphatic rings. The van der Waals surface area contributed by atoms with Gasteiger partial charge in [-0.1, -0.05) is 11.6 Å². The Morgan fingerprint density at radius 3 is 2.59 bits per heavy atom. The zero-order chi connectivity index (χ0) is 15.5. The number of nitrogens with zero attached hydrogens (tertiary/aromatic N) is 3. The molecule has 2 N–H and O–H groups in total. The first-order valence-electron chi connectivity index (χ1n) is 6.16. The summed E-state index contributed by atoms with van der Waals surface area (Å²) in [5.41, 5.74) is 1.12. The summed E-state index contributed by atoms with van der Waals surface area (Å²) in [6.45, 7) is 0. The quantitative estimate of drug-likeness (QED) is 0.761. The molecule has 0 aliphatic heterocycles. The van der Waals surface area contributed by atoms with Crippen molar-refractivity contribution in [1.82, 2.24) is 15.0 Å². The maximum absolute atomic E-state index is 10.7. The van der Waals surface area contributed by atoms with Gasteiger partial charge in [-0.05, 0) is 24.3 Å². The van der Waals surface area contributed by atoms with Crippen LogP contribution >= 0.6 is 11.6 Å². The van der Waals surface area contributed by atoms with Crippen LogP contribution in [0.15, 0.2) is 47.3 Å². The molecule has 22 heavy (non-hydrogen) atoms. The fraction of sp³-hybridized carbons (Fsp3) is 0. The summed E-state index contributed by atoms with van der Waals surface area (Å²) >= 11 is 5.78. The molecule has 0 aliphatic carbocycles. The molecule has 110 valence electrons. The number of halogens is 1. The van der Waals surface area contributed by atoms with Gasteiger partial charge in [0.2, 0.25) is 0 Å². The van der Waals surface area contributed by atoms with Gasteiger partial charge < -0.3 is 14.8 Å². The van der Waals surface area contributed by atoms with Crippen molar-refractivity contribution >= 4 is 29.3 Å². The monoisotopic (exact) mass is 316 g/mol. The molecule has 3 aromatic rings. The molecule has 0 bridgehead atoms. The van der Waals surface area contributed by atoms with Gasteiger partial charge in [0.05, 0.1) is 23.1 Å².